The molecular formula is C15H13Cl3N2O. The van der Waals surface area contributed by atoms with Gasteiger partial charge in [-0.2, -0.15) is 0 Å². The lowest BCUT2D eigenvalue weighted by molar-refractivity contribution is 0.0737. The van der Waals surface area contributed by atoms with Gasteiger partial charge in [0.15, 0.2) is 0 Å². The zero-order valence-corrected chi connectivity index (χ0v) is 13.7. The van der Waals surface area contributed by atoms with E-state index in [1.54, 1.807) is 11.9 Å². The molecule has 0 fully saturated rings. The van der Waals surface area contributed by atoms with E-state index in [-0.39, 0.29) is 32.7 Å². The highest BCUT2D eigenvalue weighted by Gasteiger charge is 2.24. The number of nitrogens with zero attached hydrogens (tertiary/aromatic N) is 2. The van der Waals surface area contributed by atoms with Gasteiger partial charge < -0.3 is 4.90 Å². The number of amides is 1. The first-order chi connectivity index (χ1) is 9.93. The van der Waals surface area contributed by atoms with Crippen molar-refractivity contribution in [1.82, 2.24) is 9.88 Å². The van der Waals surface area contributed by atoms with Crippen molar-refractivity contribution in [2.45, 2.75) is 13.0 Å². The Hall–Kier alpha value is -1.29. The highest BCUT2D eigenvalue weighted by Crippen LogP contribution is 2.32. The first-order valence-corrected chi connectivity index (χ1v) is 7.38. The van der Waals surface area contributed by atoms with Gasteiger partial charge in [0.2, 0.25) is 0 Å². The Kier molecular flexibility index (Phi) is 5.09. The molecule has 1 unspecified atom stereocenters. The van der Waals surface area contributed by atoms with Crippen molar-refractivity contribution in [3.05, 3.63) is 62.9 Å². The minimum absolute atomic E-state index is 0.0706. The zero-order chi connectivity index (χ0) is 15.6. The maximum absolute atomic E-state index is 12.5. The van der Waals surface area contributed by atoms with Crippen LogP contribution in [0.3, 0.4) is 0 Å². The van der Waals surface area contributed by atoms with Gasteiger partial charge >= 0.3 is 0 Å². The van der Waals surface area contributed by atoms with Crippen LogP contribution in [-0.4, -0.2) is 22.8 Å². The Labute approximate surface area is 138 Å². The normalized spacial score (nSPS) is 12.0. The number of hydrogen-bond donors (Lipinski definition) is 0. The van der Waals surface area contributed by atoms with Gasteiger partial charge in [0.05, 0.1) is 21.1 Å². The highest BCUT2D eigenvalue weighted by atomic mass is 35.5. The lowest BCUT2D eigenvalue weighted by atomic mass is 10.1. The second kappa shape index (κ2) is 6.65. The number of pyridine rings is 1. The van der Waals surface area contributed by atoms with E-state index in [1.807, 2.05) is 37.3 Å². The van der Waals surface area contributed by atoms with E-state index in [9.17, 15) is 4.79 Å². The number of benzene rings is 1. The van der Waals surface area contributed by atoms with Crippen LogP contribution in [0, 0.1) is 0 Å². The number of hydrogen-bond acceptors (Lipinski definition) is 2. The summed E-state index contributed by atoms with van der Waals surface area (Å²) >= 11 is 17.8. The second-order valence-electron chi connectivity index (χ2n) is 4.59. The minimum Gasteiger partial charge on any atom is -0.334 e. The molecule has 0 spiro atoms. The van der Waals surface area contributed by atoms with E-state index in [0.717, 1.165) is 5.56 Å². The number of carbonyl (C=O) groups is 1. The molecule has 1 amide bonds. The average molecular weight is 344 g/mol. The van der Waals surface area contributed by atoms with Gasteiger partial charge in [0.25, 0.3) is 5.91 Å². The molecular weight excluding hydrogens is 331 g/mol. The average Bonchev–Trinajstić information content (AvgIpc) is 2.51. The second-order valence-corrected chi connectivity index (χ2v) is 5.75. The SMILES string of the molecule is CC(c1ccccc1)N(C)C(=O)c1ncc(Cl)c(Cl)c1Cl. The number of carbonyl (C=O) groups excluding carboxylic acids is 1. The molecule has 6 heteroatoms. The molecule has 1 atom stereocenters. The standard InChI is InChI=1S/C15H13Cl3N2O/c1-9(10-6-4-3-5-7-10)20(2)15(21)14-13(18)12(17)11(16)8-19-14/h3-9H,1-2H3. The fourth-order valence-electron chi connectivity index (χ4n) is 1.89. The maximum atomic E-state index is 12.5. The van der Waals surface area contributed by atoms with Gasteiger partial charge in [-0.25, -0.2) is 4.98 Å². The van der Waals surface area contributed by atoms with Crippen molar-refractivity contribution in [2.24, 2.45) is 0 Å². The first-order valence-electron chi connectivity index (χ1n) is 6.25. The van der Waals surface area contributed by atoms with Crippen LogP contribution in [0.5, 0.6) is 0 Å². The zero-order valence-electron chi connectivity index (χ0n) is 11.5. The molecule has 1 heterocycles. The molecule has 21 heavy (non-hydrogen) atoms. The van der Waals surface area contributed by atoms with Crippen molar-refractivity contribution in [1.29, 1.82) is 0 Å². The summed E-state index contributed by atoms with van der Waals surface area (Å²) in [7, 11) is 1.69. The Morgan fingerprint density at radius 2 is 1.76 bits per heavy atom. The quantitative estimate of drug-likeness (QED) is 0.796. The topological polar surface area (TPSA) is 33.2 Å². The van der Waals surface area contributed by atoms with Gasteiger partial charge in [-0.1, -0.05) is 65.1 Å². The minimum atomic E-state index is -0.310. The van der Waals surface area contributed by atoms with Gasteiger partial charge in [0.1, 0.15) is 5.69 Å². The van der Waals surface area contributed by atoms with Crippen molar-refractivity contribution < 1.29 is 4.79 Å². The maximum Gasteiger partial charge on any atom is 0.274 e. The van der Waals surface area contributed by atoms with Crippen molar-refractivity contribution in [2.75, 3.05) is 7.05 Å². The summed E-state index contributed by atoms with van der Waals surface area (Å²) in [5.74, 6) is -0.310. The summed E-state index contributed by atoms with van der Waals surface area (Å²) in [5, 5.41) is 0.427. The molecule has 1 aromatic heterocycles. The van der Waals surface area contributed by atoms with Crippen LogP contribution in [0.2, 0.25) is 15.1 Å². The van der Waals surface area contributed by atoms with E-state index in [0.29, 0.717) is 0 Å². The molecule has 2 aromatic rings. The Balaban J connectivity index is 2.30. The van der Waals surface area contributed by atoms with Crippen LogP contribution in [0.15, 0.2) is 36.5 Å². The molecule has 0 aliphatic heterocycles. The van der Waals surface area contributed by atoms with Crippen molar-refractivity contribution in [3.8, 4) is 0 Å². The summed E-state index contributed by atoms with van der Waals surface area (Å²) in [6.45, 7) is 1.93. The van der Waals surface area contributed by atoms with Crippen LogP contribution < -0.4 is 0 Å². The van der Waals surface area contributed by atoms with Crippen LogP contribution in [0.25, 0.3) is 0 Å². The molecule has 0 saturated heterocycles. The number of aromatic nitrogens is 1. The molecule has 0 aliphatic carbocycles. The molecule has 0 radical (unpaired) electrons. The fourth-order valence-corrected chi connectivity index (χ4v) is 2.45. The smallest absolute Gasteiger partial charge is 0.274 e. The van der Waals surface area contributed by atoms with Crippen LogP contribution in [0.4, 0.5) is 0 Å². The molecule has 0 N–H and O–H groups in total. The van der Waals surface area contributed by atoms with Gasteiger partial charge in [-0.15, -0.1) is 0 Å². The molecule has 0 bridgehead atoms. The van der Waals surface area contributed by atoms with Crippen LogP contribution in [-0.2, 0) is 0 Å². The van der Waals surface area contributed by atoms with Gasteiger partial charge in [0, 0.05) is 13.2 Å². The van der Waals surface area contributed by atoms with Crippen molar-refractivity contribution >= 4 is 40.7 Å². The lowest BCUT2D eigenvalue weighted by Crippen LogP contribution is -2.30. The van der Waals surface area contributed by atoms with Gasteiger partial charge in [-0.3, -0.25) is 4.79 Å². The largest absolute Gasteiger partial charge is 0.334 e. The van der Waals surface area contributed by atoms with Gasteiger partial charge in [-0.05, 0) is 12.5 Å². The van der Waals surface area contributed by atoms with Crippen molar-refractivity contribution in [3.63, 3.8) is 0 Å². The number of rotatable bonds is 3. The summed E-state index contributed by atoms with van der Waals surface area (Å²) in [6.07, 6.45) is 1.32. The Bertz CT molecular complexity index is 661. The number of halogens is 3. The lowest BCUT2D eigenvalue weighted by Gasteiger charge is -2.25. The first kappa shape index (κ1) is 16.1. The summed E-state index contributed by atoms with van der Waals surface area (Å²) in [5.41, 5.74) is 1.11. The van der Waals surface area contributed by atoms with Crippen LogP contribution in [0.1, 0.15) is 29.0 Å². The van der Waals surface area contributed by atoms with Crippen LogP contribution >= 0.6 is 34.8 Å². The monoisotopic (exact) mass is 342 g/mol. The molecule has 2 rings (SSSR count). The molecule has 3 nitrogen and oxygen atoms in total. The Morgan fingerprint density at radius 3 is 2.38 bits per heavy atom. The predicted octanol–water partition coefficient (Wildman–Crippen LogP) is 4.88. The third kappa shape index (κ3) is 3.31. The Morgan fingerprint density at radius 1 is 1.14 bits per heavy atom. The molecule has 0 saturated carbocycles. The summed E-state index contributed by atoms with van der Waals surface area (Å²) in [4.78, 5) is 18.1. The van der Waals surface area contributed by atoms with E-state index in [4.69, 9.17) is 34.8 Å². The third-order valence-corrected chi connectivity index (χ3v) is 4.54. The fraction of sp³-hybridized carbons (Fsp3) is 0.200. The third-order valence-electron chi connectivity index (χ3n) is 3.30. The summed E-state index contributed by atoms with van der Waals surface area (Å²) < 4.78 is 0. The van der Waals surface area contributed by atoms with E-state index in [1.165, 1.54) is 6.20 Å². The van der Waals surface area contributed by atoms with E-state index in [2.05, 4.69) is 4.98 Å². The molecule has 1 aromatic carbocycles. The van der Waals surface area contributed by atoms with E-state index >= 15 is 0 Å². The van der Waals surface area contributed by atoms with E-state index < -0.39 is 0 Å². The summed E-state index contributed by atoms with van der Waals surface area (Å²) in [6, 6.07) is 9.57. The molecule has 0 aliphatic rings. The highest BCUT2D eigenvalue weighted by molar-refractivity contribution is 6.48. The predicted molar refractivity (Wildman–Crippen MR) is 86.2 cm³/mol. The molecule has 110 valence electrons.